The molecule has 6 saturated heterocycles. The van der Waals surface area contributed by atoms with E-state index < -0.39 is 224 Å². The fraction of sp³-hybridized carbons (Fsp3) is 0.556. The van der Waals surface area contributed by atoms with Crippen molar-refractivity contribution in [1.82, 2.24) is 19.9 Å². The summed E-state index contributed by atoms with van der Waals surface area (Å²) in [5.74, 6) is 1.33. The Bertz CT molecular complexity index is 5280. The van der Waals surface area contributed by atoms with Gasteiger partial charge in [-0.05, 0) is 165 Å². The fourth-order valence-corrected chi connectivity index (χ4v) is 19.4. The van der Waals surface area contributed by atoms with Crippen molar-refractivity contribution in [2.45, 2.75) is 290 Å². The number of aromatic nitrogens is 4. The topological polar surface area (TPSA) is 571 Å². The van der Waals surface area contributed by atoms with Gasteiger partial charge in [0, 0.05) is 50.7 Å². The van der Waals surface area contributed by atoms with E-state index >= 15 is 0 Å². The predicted octanol–water partition coefficient (Wildman–Crippen LogP) is 3.40. The lowest BCUT2D eigenvalue weighted by molar-refractivity contribution is -0.396. The Morgan fingerprint density at radius 3 is 0.875 bits per heavy atom. The van der Waals surface area contributed by atoms with Crippen LogP contribution in [0, 0.1) is 41.5 Å². The zero-order valence-corrected chi connectivity index (χ0v) is 76.7. The van der Waals surface area contributed by atoms with Crippen LogP contribution in [0.5, 0.6) is 11.5 Å². The first kappa shape index (κ1) is 102. The number of nitrogens with zero attached hydrogens (tertiary/aromatic N) is 2. The summed E-state index contributed by atoms with van der Waals surface area (Å²) in [6, 6.07) is 33.3. The maximum atomic E-state index is 11.6. The molecule has 742 valence electrons. The third-order valence-electron chi connectivity index (χ3n) is 26.4. The number of aromatic amines is 2. The van der Waals surface area contributed by atoms with Crippen molar-refractivity contribution < 1.29 is 163 Å². The molecule has 8 bridgehead atoms. The van der Waals surface area contributed by atoms with Crippen LogP contribution < -0.4 is 9.47 Å². The highest BCUT2D eigenvalue weighted by atomic mass is 16.8. The first-order chi connectivity index (χ1) is 65.5. The van der Waals surface area contributed by atoms with Crippen molar-refractivity contribution in [3.05, 3.63) is 153 Å². The number of aliphatic hydroxyl groups is 19. The molecule has 0 aliphatic carbocycles. The largest absolute Gasteiger partial charge is 0.494 e. The summed E-state index contributed by atoms with van der Waals surface area (Å²) < 4.78 is 81.7. The Morgan fingerprint density at radius 1 is 0.279 bits per heavy atom. The van der Waals surface area contributed by atoms with E-state index in [0.717, 1.165) is 136 Å². The molecule has 15 rings (SSSR count). The normalized spacial score (nSPS) is 32.5. The van der Waals surface area contributed by atoms with Gasteiger partial charge in [-0.1, -0.05) is 112 Å². The summed E-state index contributed by atoms with van der Waals surface area (Å²) in [6.45, 7) is 9.90. The van der Waals surface area contributed by atoms with Gasteiger partial charge in [0.1, 0.15) is 158 Å². The zero-order chi connectivity index (χ0) is 96.8. The number of ether oxygens (including phenoxy) is 14. The van der Waals surface area contributed by atoms with Gasteiger partial charge in [0.15, 0.2) is 37.7 Å². The Balaban J connectivity index is 0.585. The molecular formula is C99H128N4O33. The third kappa shape index (κ3) is 22.0. The van der Waals surface area contributed by atoms with E-state index in [1.807, 2.05) is 24.3 Å². The van der Waals surface area contributed by atoms with E-state index in [-0.39, 0.29) is 19.6 Å². The second kappa shape index (κ2) is 45.6. The number of fused-ring (bicyclic) bond motifs is 8. The van der Waals surface area contributed by atoms with E-state index in [4.69, 9.17) is 76.3 Å². The molecule has 11 heterocycles. The Labute approximate surface area is 785 Å². The number of nitrogens with one attached hydrogen (secondary N) is 2. The smallest absolute Gasteiger partial charge is 0.187 e. The zero-order valence-electron chi connectivity index (χ0n) is 76.7. The summed E-state index contributed by atoms with van der Waals surface area (Å²) in [6.07, 6.45) is -38.7. The second-order valence-electron chi connectivity index (χ2n) is 36.2. The van der Waals surface area contributed by atoms with E-state index in [0.29, 0.717) is 18.1 Å². The third-order valence-corrected chi connectivity index (χ3v) is 26.4. The molecule has 37 nitrogen and oxygen atoms in total. The van der Waals surface area contributed by atoms with Gasteiger partial charge in [0.2, 0.25) is 0 Å². The molecule has 0 unspecified atom stereocenters. The van der Waals surface area contributed by atoms with Crippen LogP contribution in [-0.4, -0.2) is 361 Å². The van der Waals surface area contributed by atoms with Gasteiger partial charge in [-0.25, -0.2) is 9.97 Å². The maximum absolute atomic E-state index is 11.6. The number of aliphatic hydroxyl groups excluding tert-OH is 19. The van der Waals surface area contributed by atoms with Crippen LogP contribution in [-0.2, 0) is 56.8 Å². The number of rotatable bonds is 36. The van der Waals surface area contributed by atoms with E-state index in [1.165, 1.54) is 38.5 Å². The SMILES string of the molecule is CCCCCCCCCCOc1ccc(-c2c3nc(c(-c4c(C)cc(C)cc4C)c4ccc([nH]4)c(-c4ccc(OCCCO[C@@H]5O[C@H](CO)[C@@H](O[C@H]6O[C@H](CO)[C@@H](O[C@H]7O[C@H](CO)[C@@H](O[C@H]8O[C@H](CO)[C@@H](O[C@H]9O[C@H](CO)[C@@H](O[C@H]%10O[C@H](CO)[C@@H](O)[C@H](O)[C@H]%10O)[C@H](O)[C@H]9O)[C@H](O)[C@H]8O)[C@H](O)[C@H]7O)[C@H](O)[C@H]6O)[C@H](O)[C@H]5O)cc4)c4nc(c(-c5c(C)cc(C)cc5C)c5ccc2[nH]5)C=C4)C=C3)cc1. The van der Waals surface area contributed by atoms with Gasteiger partial charge in [0.05, 0.1) is 82.2 Å². The van der Waals surface area contributed by atoms with Crippen LogP contribution in [0.3, 0.4) is 0 Å². The highest BCUT2D eigenvalue weighted by molar-refractivity contribution is 6.01. The molecule has 6 fully saturated rings. The van der Waals surface area contributed by atoms with Crippen LogP contribution in [0.25, 0.3) is 90.9 Å². The number of H-pyrrole nitrogens is 2. The minimum Gasteiger partial charge on any atom is -0.494 e. The van der Waals surface area contributed by atoms with Crippen LogP contribution >= 0.6 is 0 Å². The summed E-state index contributed by atoms with van der Waals surface area (Å²) in [5.41, 5.74) is 20.6. The van der Waals surface area contributed by atoms with Crippen molar-refractivity contribution in [3.8, 4) is 56.0 Å². The van der Waals surface area contributed by atoms with Gasteiger partial charge in [-0.2, -0.15) is 0 Å². The molecule has 0 saturated carbocycles. The molecule has 0 amide bonds. The molecule has 30 atom stereocenters. The molecule has 37 heteroatoms. The summed E-state index contributed by atoms with van der Waals surface area (Å²) >= 11 is 0. The minimum atomic E-state index is -2.21. The van der Waals surface area contributed by atoms with Crippen molar-refractivity contribution in [3.63, 3.8) is 0 Å². The van der Waals surface area contributed by atoms with Gasteiger partial charge >= 0.3 is 0 Å². The van der Waals surface area contributed by atoms with E-state index in [2.05, 4.69) is 156 Å². The lowest BCUT2D eigenvalue weighted by Gasteiger charge is -2.50. The van der Waals surface area contributed by atoms with E-state index in [9.17, 15) is 97.0 Å². The first-order valence-electron chi connectivity index (χ1n) is 46.6. The summed E-state index contributed by atoms with van der Waals surface area (Å²) in [5, 5.41) is 208. The molecule has 7 aromatic rings. The number of hydrogen-bond donors (Lipinski definition) is 21. The number of benzene rings is 4. The average Bonchev–Trinajstić information content (AvgIpc) is 1.21. The van der Waals surface area contributed by atoms with Gasteiger partial charge in [-0.15, -0.1) is 0 Å². The van der Waals surface area contributed by atoms with Crippen LogP contribution in [0.15, 0.2) is 97.1 Å². The maximum Gasteiger partial charge on any atom is 0.187 e. The summed E-state index contributed by atoms with van der Waals surface area (Å²) in [4.78, 5) is 19.0. The molecule has 8 aliphatic rings. The minimum absolute atomic E-state index is 0.0941. The van der Waals surface area contributed by atoms with Crippen molar-refractivity contribution in [1.29, 1.82) is 0 Å². The fourth-order valence-electron chi connectivity index (χ4n) is 19.4. The second-order valence-corrected chi connectivity index (χ2v) is 36.2. The monoisotopic (exact) mass is 1900 g/mol. The Morgan fingerprint density at radius 2 is 0.551 bits per heavy atom. The number of hydrogen-bond acceptors (Lipinski definition) is 35. The van der Waals surface area contributed by atoms with E-state index in [1.54, 1.807) is 0 Å². The van der Waals surface area contributed by atoms with Crippen molar-refractivity contribution in [2.75, 3.05) is 59.5 Å². The first-order valence-corrected chi connectivity index (χ1v) is 46.6. The molecule has 0 spiro atoms. The molecule has 8 aliphatic heterocycles. The van der Waals surface area contributed by atoms with Crippen molar-refractivity contribution >= 4 is 46.4 Å². The van der Waals surface area contributed by atoms with Crippen LogP contribution in [0.1, 0.15) is 121 Å². The highest BCUT2D eigenvalue weighted by Crippen LogP contribution is 2.45. The lowest BCUT2D eigenvalue weighted by Crippen LogP contribution is -2.68. The van der Waals surface area contributed by atoms with Gasteiger partial charge in [-0.3, -0.25) is 0 Å². The molecule has 3 aromatic heterocycles. The number of aryl methyl sites for hydroxylation is 6. The van der Waals surface area contributed by atoms with Crippen LogP contribution in [0.4, 0.5) is 0 Å². The van der Waals surface area contributed by atoms with Crippen LogP contribution in [0.2, 0.25) is 0 Å². The standard InChI is InChI=1S/C99H128N4O33/c1-8-9-10-11-12-13-14-15-33-123-54-21-17-52(18-22-54)72-56-25-29-60(100-56)74(70-48(4)36-46(2)37-49(70)5)62-31-27-58(102-62)73(59-28-32-63(103-59)75(61-30-26-57(72)101-61)71-50(6)38-47(3)39-51(71)7)53-19-23-55(24-20-53)124-34-16-35-125-94-84(118)78(112)89(65(41-105)127-94)133-96-86(120)80(114)91(67(43-107)129-96)135-98-88(122)82(116)93(69(45-109)131-98)136-99-87(121)81(115)92(68(44-108)130-99)134-97-85(119)79(113)90(66(42-106)128-97)132-95-83(117)77(111)76(110)64(40-104)126-95/h17-32,36-39,64-69,76-100,103-122H,8-16,33-35,40-45H2,1-7H3/t64-,65-,66-,67-,68-,69-,76-,77+,78-,79-,80-,81-,82-,83-,84-,85-,86-,87-,88-,89-,90-,91-,92-,93-,94-,95-,96-,97-,98-,99-/m1/s1. The Hall–Kier alpha value is -8.16. The molecule has 21 N–H and O–H groups in total. The lowest BCUT2D eigenvalue weighted by atomic mass is 9.92. The number of unbranched alkanes of at least 4 members (excludes halogenated alkanes) is 7. The van der Waals surface area contributed by atoms with Gasteiger partial charge < -0.3 is 173 Å². The van der Waals surface area contributed by atoms with Crippen molar-refractivity contribution in [2.24, 2.45) is 0 Å². The molecule has 136 heavy (non-hydrogen) atoms. The Kier molecular flexibility index (Phi) is 34.3. The van der Waals surface area contributed by atoms with Gasteiger partial charge in [0.25, 0.3) is 0 Å². The predicted molar refractivity (Wildman–Crippen MR) is 490 cm³/mol. The average molecular weight is 1900 g/mol. The highest BCUT2D eigenvalue weighted by Gasteiger charge is 2.58. The molecular weight excluding hydrogens is 1770 g/mol. The quantitative estimate of drug-likeness (QED) is 0.0250. The molecule has 0 radical (unpaired) electrons. The summed E-state index contributed by atoms with van der Waals surface area (Å²) in [7, 11) is 0. The molecule has 4 aromatic carbocycles.